The summed E-state index contributed by atoms with van der Waals surface area (Å²) in [4.78, 5) is 26.3. The first-order valence-corrected chi connectivity index (χ1v) is 7.83. The lowest BCUT2D eigenvalue weighted by Gasteiger charge is -2.35. The standard InChI is InChI=1S/C17H24N2O3/c1-4-13-10-19(17(21)11(2)3)14-9-12(15(20)7-8-18)5-6-16(14)22-13/h5-6,9,11,13H,4,7-8,10,18H2,1-3H3. The fraction of sp³-hybridized carbons (Fsp3) is 0.529. The fourth-order valence-corrected chi connectivity index (χ4v) is 2.53. The van der Waals surface area contributed by atoms with Crippen molar-refractivity contribution >= 4 is 17.4 Å². The van der Waals surface area contributed by atoms with Gasteiger partial charge < -0.3 is 15.4 Å². The average molecular weight is 304 g/mol. The summed E-state index contributed by atoms with van der Waals surface area (Å²) in [6.45, 7) is 6.63. The van der Waals surface area contributed by atoms with E-state index in [1.807, 2.05) is 20.8 Å². The number of hydrogen-bond donors (Lipinski definition) is 1. The molecule has 1 aromatic carbocycles. The quantitative estimate of drug-likeness (QED) is 0.848. The third-order valence-electron chi connectivity index (χ3n) is 3.84. The van der Waals surface area contributed by atoms with Crippen LogP contribution < -0.4 is 15.4 Å². The van der Waals surface area contributed by atoms with Gasteiger partial charge in [0.1, 0.15) is 11.9 Å². The van der Waals surface area contributed by atoms with Gasteiger partial charge in [-0.1, -0.05) is 20.8 Å². The molecule has 1 atom stereocenters. The number of carbonyl (C=O) groups excluding carboxylic acids is 2. The number of anilines is 1. The molecule has 5 heteroatoms. The molecule has 0 spiro atoms. The van der Waals surface area contributed by atoms with Gasteiger partial charge in [-0.3, -0.25) is 9.59 Å². The van der Waals surface area contributed by atoms with E-state index in [0.29, 0.717) is 36.5 Å². The second-order valence-electron chi connectivity index (χ2n) is 5.90. The van der Waals surface area contributed by atoms with E-state index in [-0.39, 0.29) is 23.7 Å². The molecule has 1 aliphatic heterocycles. The van der Waals surface area contributed by atoms with E-state index < -0.39 is 0 Å². The maximum Gasteiger partial charge on any atom is 0.229 e. The first-order valence-electron chi connectivity index (χ1n) is 7.83. The third-order valence-corrected chi connectivity index (χ3v) is 3.84. The Hall–Kier alpha value is -1.88. The summed E-state index contributed by atoms with van der Waals surface area (Å²) < 4.78 is 5.91. The number of benzene rings is 1. The summed E-state index contributed by atoms with van der Waals surface area (Å²) in [5, 5.41) is 0. The summed E-state index contributed by atoms with van der Waals surface area (Å²) in [5.41, 5.74) is 6.71. The van der Waals surface area contributed by atoms with Crippen LogP contribution in [-0.4, -0.2) is 30.9 Å². The Morgan fingerprint density at radius 2 is 2.14 bits per heavy atom. The summed E-state index contributed by atoms with van der Waals surface area (Å²) >= 11 is 0. The topological polar surface area (TPSA) is 72.6 Å². The lowest BCUT2D eigenvalue weighted by molar-refractivity contribution is -0.121. The molecule has 120 valence electrons. The Labute approximate surface area is 131 Å². The van der Waals surface area contributed by atoms with Crippen molar-refractivity contribution in [1.82, 2.24) is 0 Å². The molecule has 0 saturated heterocycles. The number of carbonyl (C=O) groups is 2. The molecule has 0 radical (unpaired) electrons. The number of Topliss-reactive ketones (excluding diaryl/α,β-unsaturated/α-hetero) is 1. The number of ether oxygens (including phenoxy) is 1. The van der Waals surface area contributed by atoms with Gasteiger partial charge in [0.25, 0.3) is 0 Å². The number of fused-ring (bicyclic) bond motifs is 1. The van der Waals surface area contributed by atoms with Crippen LogP contribution in [0.2, 0.25) is 0 Å². The fourth-order valence-electron chi connectivity index (χ4n) is 2.53. The van der Waals surface area contributed by atoms with Crippen molar-refractivity contribution in [1.29, 1.82) is 0 Å². The zero-order valence-corrected chi connectivity index (χ0v) is 13.5. The lowest BCUT2D eigenvalue weighted by Crippen LogP contribution is -2.45. The van der Waals surface area contributed by atoms with Crippen LogP contribution in [0.1, 0.15) is 44.0 Å². The number of ketones is 1. The molecular formula is C17H24N2O3. The van der Waals surface area contributed by atoms with Crippen LogP contribution in [-0.2, 0) is 4.79 Å². The molecule has 2 N–H and O–H groups in total. The number of nitrogens with two attached hydrogens (primary N) is 1. The molecule has 0 bridgehead atoms. The zero-order valence-electron chi connectivity index (χ0n) is 13.5. The highest BCUT2D eigenvalue weighted by molar-refractivity contribution is 6.01. The minimum atomic E-state index is -0.105. The van der Waals surface area contributed by atoms with E-state index in [2.05, 4.69) is 0 Å². The van der Waals surface area contributed by atoms with Gasteiger partial charge in [-0.25, -0.2) is 0 Å². The van der Waals surface area contributed by atoms with Crippen molar-refractivity contribution < 1.29 is 14.3 Å². The van der Waals surface area contributed by atoms with Crippen molar-refractivity contribution in [2.24, 2.45) is 11.7 Å². The molecule has 0 saturated carbocycles. The van der Waals surface area contributed by atoms with E-state index in [0.717, 1.165) is 6.42 Å². The van der Waals surface area contributed by atoms with Gasteiger partial charge in [0.15, 0.2) is 5.78 Å². The number of nitrogens with zero attached hydrogens (tertiary/aromatic N) is 1. The van der Waals surface area contributed by atoms with Crippen molar-refractivity contribution in [3.8, 4) is 5.75 Å². The zero-order chi connectivity index (χ0) is 16.3. The predicted octanol–water partition coefficient (Wildman–Crippen LogP) is 2.38. The Morgan fingerprint density at radius 1 is 1.41 bits per heavy atom. The second-order valence-corrected chi connectivity index (χ2v) is 5.90. The minimum Gasteiger partial charge on any atom is -0.486 e. The van der Waals surface area contributed by atoms with Crippen LogP contribution in [0.5, 0.6) is 5.75 Å². The highest BCUT2D eigenvalue weighted by Crippen LogP contribution is 2.36. The highest BCUT2D eigenvalue weighted by Gasteiger charge is 2.30. The van der Waals surface area contributed by atoms with Gasteiger partial charge in [0.2, 0.25) is 5.91 Å². The van der Waals surface area contributed by atoms with E-state index in [1.165, 1.54) is 0 Å². The van der Waals surface area contributed by atoms with E-state index >= 15 is 0 Å². The molecule has 1 unspecified atom stereocenters. The summed E-state index contributed by atoms with van der Waals surface area (Å²) in [5.74, 6) is 0.592. The van der Waals surface area contributed by atoms with Gasteiger partial charge in [0, 0.05) is 17.9 Å². The SMILES string of the molecule is CCC1CN(C(=O)C(C)C)c2cc(C(=O)CCN)ccc2O1. The van der Waals surface area contributed by atoms with Crippen molar-refractivity contribution in [3.63, 3.8) is 0 Å². The first kappa shape index (κ1) is 16.5. The van der Waals surface area contributed by atoms with Crippen molar-refractivity contribution in [3.05, 3.63) is 23.8 Å². The molecule has 0 aromatic heterocycles. The van der Waals surface area contributed by atoms with Gasteiger partial charge in [-0.05, 0) is 31.2 Å². The van der Waals surface area contributed by atoms with Crippen molar-refractivity contribution in [2.45, 2.75) is 39.7 Å². The Kier molecular flexibility index (Phi) is 5.19. The molecule has 0 aliphatic carbocycles. The minimum absolute atomic E-state index is 0.0132. The second kappa shape index (κ2) is 6.92. The van der Waals surface area contributed by atoms with Crippen LogP contribution in [0.25, 0.3) is 0 Å². The van der Waals surface area contributed by atoms with Gasteiger partial charge in [-0.2, -0.15) is 0 Å². The van der Waals surface area contributed by atoms with Gasteiger partial charge >= 0.3 is 0 Å². The van der Waals surface area contributed by atoms with E-state index in [1.54, 1.807) is 23.1 Å². The van der Waals surface area contributed by atoms with Gasteiger partial charge in [-0.15, -0.1) is 0 Å². The van der Waals surface area contributed by atoms with Crippen LogP contribution in [0, 0.1) is 5.92 Å². The molecule has 2 rings (SSSR count). The number of rotatable bonds is 5. The summed E-state index contributed by atoms with van der Waals surface area (Å²) in [6.07, 6.45) is 1.12. The van der Waals surface area contributed by atoms with E-state index in [4.69, 9.17) is 10.5 Å². The summed E-state index contributed by atoms with van der Waals surface area (Å²) in [6, 6.07) is 5.27. The Morgan fingerprint density at radius 3 is 2.73 bits per heavy atom. The molecule has 0 fully saturated rings. The van der Waals surface area contributed by atoms with E-state index in [9.17, 15) is 9.59 Å². The molecule has 5 nitrogen and oxygen atoms in total. The van der Waals surface area contributed by atoms with Crippen LogP contribution in [0.4, 0.5) is 5.69 Å². The normalized spacial score (nSPS) is 17.1. The number of amides is 1. The average Bonchev–Trinajstić information content (AvgIpc) is 2.52. The van der Waals surface area contributed by atoms with Crippen LogP contribution >= 0.6 is 0 Å². The molecule has 1 heterocycles. The molecule has 1 aromatic rings. The summed E-state index contributed by atoms with van der Waals surface area (Å²) in [7, 11) is 0. The molecule has 1 amide bonds. The third kappa shape index (κ3) is 3.30. The van der Waals surface area contributed by atoms with Crippen LogP contribution in [0.3, 0.4) is 0 Å². The maximum absolute atomic E-state index is 12.5. The first-order chi connectivity index (χ1) is 10.5. The molecular weight excluding hydrogens is 280 g/mol. The smallest absolute Gasteiger partial charge is 0.229 e. The van der Waals surface area contributed by atoms with Crippen LogP contribution in [0.15, 0.2) is 18.2 Å². The Balaban J connectivity index is 2.40. The van der Waals surface area contributed by atoms with Crippen molar-refractivity contribution in [2.75, 3.05) is 18.0 Å². The lowest BCUT2D eigenvalue weighted by atomic mass is 10.0. The monoisotopic (exact) mass is 304 g/mol. The molecule has 22 heavy (non-hydrogen) atoms. The molecule has 1 aliphatic rings. The maximum atomic E-state index is 12.5. The Bertz CT molecular complexity index is 569. The highest BCUT2D eigenvalue weighted by atomic mass is 16.5. The largest absolute Gasteiger partial charge is 0.486 e. The van der Waals surface area contributed by atoms with Gasteiger partial charge in [0.05, 0.1) is 12.2 Å². The predicted molar refractivity (Wildman–Crippen MR) is 86.3 cm³/mol. The number of hydrogen-bond acceptors (Lipinski definition) is 4.